The topological polar surface area (TPSA) is 114 Å². The van der Waals surface area contributed by atoms with Crippen molar-refractivity contribution >= 4 is 28.3 Å². The van der Waals surface area contributed by atoms with E-state index >= 15 is 0 Å². The largest absolute Gasteiger partial charge is 0.483 e. The van der Waals surface area contributed by atoms with Gasteiger partial charge in [-0.2, -0.15) is 0 Å². The van der Waals surface area contributed by atoms with Crippen LogP contribution in [-0.2, 0) is 4.79 Å². The van der Waals surface area contributed by atoms with Gasteiger partial charge in [-0.15, -0.1) is 0 Å². The Morgan fingerprint density at radius 1 is 1.04 bits per heavy atom. The number of benzene rings is 2. The van der Waals surface area contributed by atoms with Gasteiger partial charge in [0.15, 0.2) is 6.61 Å². The zero-order valence-corrected chi connectivity index (χ0v) is 13.1. The molecule has 0 aliphatic carbocycles. The lowest BCUT2D eigenvalue weighted by molar-refractivity contribution is -0.118. The van der Waals surface area contributed by atoms with Crippen LogP contribution >= 0.6 is 0 Å². The lowest BCUT2D eigenvalue weighted by Gasteiger charge is -2.09. The van der Waals surface area contributed by atoms with Crippen molar-refractivity contribution in [1.29, 1.82) is 0 Å². The summed E-state index contributed by atoms with van der Waals surface area (Å²) in [4.78, 5) is 37.4. The van der Waals surface area contributed by atoms with E-state index in [1.165, 1.54) is 18.3 Å². The maximum atomic E-state index is 12.0. The second-order valence-corrected chi connectivity index (χ2v) is 5.30. The van der Waals surface area contributed by atoms with Crippen molar-refractivity contribution in [2.45, 2.75) is 0 Å². The van der Waals surface area contributed by atoms with Crippen LogP contribution in [0.2, 0.25) is 0 Å². The number of carbonyl (C=O) groups is 2. The van der Waals surface area contributed by atoms with Crippen molar-refractivity contribution in [2.75, 3.05) is 11.9 Å². The molecule has 2 amide bonds. The molecule has 0 atom stereocenters. The SMILES string of the molecule is NC(=O)c1ccc(NC(=O)COc2cccc3c(=O)[nH]ccc23)cc1. The number of aromatic nitrogens is 1. The molecule has 25 heavy (non-hydrogen) atoms. The van der Waals surface area contributed by atoms with Crippen LogP contribution in [0, 0.1) is 0 Å². The van der Waals surface area contributed by atoms with Crippen LogP contribution in [-0.4, -0.2) is 23.4 Å². The number of H-pyrrole nitrogens is 1. The van der Waals surface area contributed by atoms with Crippen molar-refractivity contribution in [3.05, 3.63) is 70.6 Å². The van der Waals surface area contributed by atoms with Gasteiger partial charge in [0.2, 0.25) is 5.91 Å². The molecule has 4 N–H and O–H groups in total. The quantitative estimate of drug-likeness (QED) is 0.656. The van der Waals surface area contributed by atoms with Gasteiger partial charge >= 0.3 is 0 Å². The summed E-state index contributed by atoms with van der Waals surface area (Å²) in [7, 11) is 0. The molecule has 3 aromatic rings. The zero-order chi connectivity index (χ0) is 17.8. The van der Waals surface area contributed by atoms with Crippen molar-refractivity contribution in [3.63, 3.8) is 0 Å². The minimum atomic E-state index is -0.535. The molecule has 0 spiro atoms. The molecule has 2 aromatic carbocycles. The van der Waals surface area contributed by atoms with Gasteiger partial charge in [0.1, 0.15) is 5.75 Å². The fraction of sp³-hybridized carbons (Fsp3) is 0.0556. The fourth-order valence-corrected chi connectivity index (χ4v) is 2.38. The predicted octanol–water partition coefficient (Wildman–Crippen LogP) is 1.64. The fourth-order valence-electron chi connectivity index (χ4n) is 2.38. The Morgan fingerprint density at radius 2 is 1.80 bits per heavy atom. The number of pyridine rings is 1. The Balaban J connectivity index is 1.67. The second-order valence-electron chi connectivity index (χ2n) is 5.30. The van der Waals surface area contributed by atoms with Gasteiger partial charge in [0.05, 0.1) is 5.39 Å². The Morgan fingerprint density at radius 3 is 2.52 bits per heavy atom. The molecule has 0 saturated carbocycles. The average molecular weight is 337 g/mol. The third-order valence-electron chi connectivity index (χ3n) is 3.59. The molecule has 0 bridgehead atoms. The number of hydrogen-bond acceptors (Lipinski definition) is 4. The third kappa shape index (κ3) is 3.66. The van der Waals surface area contributed by atoms with Crippen molar-refractivity contribution in [1.82, 2.24) is 4.98 Å². The first-order chi connectivity index (χ1) is 12.0. The van der Waals surface area contributed by atoms with Crippen LogP contribution in [0.4, 0.5) is 5.69 Å². The molecule has 3 rings (SSSR count). The predicted molar refractivity (Wildman–Crippen MR) is 93.7 cm³/mol. The number of nitrogens with two attached hydrogens (primary N) is 1. The lowest BCUT2D eigenvalue weighted by atomic mass is 10.1. The maximum Gasteiger partial charge on any atom is 0.262 e. The average Bonchev–Trinajstić information content (AvgIpc) is 2.61. The molecule has 0 aliphatic heterocycles. The highest BCUT2D eigenvalue weighted by atomic mass is 16.5. The van der Waals surface area contributed by atoms with Crippen LogP contribution in [0.1, 0.15) is 10.4 Å². The summed E-state index contributed by atoms with van der Waals surface area (Å²) in [6.45, 7) is -0.219. The first-order valence-corrected chi connectivity index (χ1v) is 7.47. The number of hydrogen-bond donors (Lipinski definition) is 3. The number of ether oxygens (including phenoxy) is 1. The summed E-state index contributed by atoms with van der Waals surface area (Å²) in [5.74, 6) is -0.455. The molecule has 0 saturated heterocycles. The van der Waals surface area contributed by atoms with Gasteiger partial charge in [-0.25, -0.2) is 0 Å². The van der Waals surface area contributed by atoms with Crippen LogP contribution < -0.4 is 21.3 Å². The molecule has 0 radical (unpaired) electrons. The van der Waals surface area contributed by atoms with Crippen LogP contribution in [0.5, 0.6) is 5.75 Å². The van der Waals surface area contributed by atoms with E-state index in [1.807, 2.05) is 0 Å². The van der Waals surface area contributed by atoms with E-state index < -0.39 is 5.91 Å². The van der Waals surface area contributed by atoms with Gasteiger partial charge in [-0.3, -0.25) is 14.4 Å². The number of nitrogens with one attached hydrogen (secondary N) is 2. The summed E-state index contributed by atoms with van der Waals surface area (Å²) in [6, 6.07) is 13.0. The van der Waals surface area contributed by atoms with Crippen molar-refractivity contribution < 1.29 is 14.3 Å². The molecule has 1 aromatic heterocycles. The highest BCUT2D eigenvalue weighted by Crippen LogP contribution is 2.22. The summed E-state index contributed by atoms with van der Waals surface area (Å²) in [5, 5.41) is 3.77. The molecule has 0 fully saturated rings. The normalized spacial score (nSPS) is 10.4. The number of primary amides is 1. The first-order valence-electron chi connectivity index (χ1n) is 7.47. The molecular weight excluding hydrogens is 322 g/mol. The van der Waals surface area contributed by atoms with Gasteiger partial charge < -0.3 is 20.8 Å². The van der Waals surface area contributed by atoms with Gasteiger partial charge in [-0.05, 0) is 42.5 Å². The zero-order valence-electron chi connectivity index (χ0n) is 13.1. The molecule has 0 unspecified atom stereocenters. The molecular formula is C18H15N3O4. The number of anilines is 1. The van der Waals surface area contributed by atoms with E-state index in [2.05, 4.69) is 10.3 Å². The van der Waals surface area contributed by atoms with Gasteiger partial charge in [-0.1, -0.05) is 6.07 Å². The van der Waals surface area contributed by atoms with Gasteiger partial charge in [0, 0.05) is 22.8 Å². The van der Waals surface area contributed by atoms with E-state index in [-0.39, 0.29) is 18.1 Å². The van der Waals surface area contributed by atoms with E-state index in [0.717, 1.165) is 0 Å². The molecule has 7 heteroatoms. The summed E-state index contributed by atoms with van der Waals surface area (Å²) < 4.78 is 5.53. The molecule has 1 heterocycles. The number of aromatic amines is 1. The van der Waals surface area contributed by atoms with E-state index in [9.17, 15) is 14.4 Å². The molecule has 126 valence electrons. The Labute approximate surface area is 142 Å². The summed E-state index contributed by atoms with van der Waals surface area (Å²) in [6.07, 6.45) is 1.53. The monoisotopic (exact) mass is 337 g/mol. The van der Waals surface area contributed by atoms with Crippen molar-refractivity contribution in [3.8, 4) is 5.75 Å². The van der Waals surface area contributed by atoms with Crippen molar-refractivity contribution in [2.24, 2.45) is 5.73 Å². The lowest BCUT2D eigenvalue weighted by Crippen LogP contribution is -2.20. The highest BCUT2D eigenvalue weighted by Gasteiger charge is 2.08. The number of carbonyl (C=O) groups excluding carboxylic acids is 2. The van der Waals surface area contributed by atoms with Crippen LogP contribution in [0.25, 0.3) is 10.8 Å². The minimum absolute atomic E-state index is 0.219. The summed E-state index contributed by atoms with van der Waals surface area (Å²) in [5.41, 5.74) is 5.82. The first kappa shape index (κ1) is 16.3. The minimum Gasteiger partial charge on any atom is -0.483 e. The second kappa shape index (κ2) is 6.88. The smallest absolute Gasteiger partial charge is 0.262 e. The molecule has 7 nitrogen and oxygen atoms in total. The van der Waals surface area contributed by atoms with Crippen LogP contribution in [0.15, 0.2) is 59.5 Å². The number of fused-ring (bicyclic) bond motifs is 1. The Hall–Kier alpha value is -3.61. The van der Waals surface area contributed by atoms with E-state index in [1.54, 1.807) is 36.4 Å². The maximum absolute atomic E-state index is 12.0. The van der Waals surface area contributed by atoms with E-state index in [4.69, 9.17) is 10.5 Å². The Bertz CT molecular complexity index is 993. The third-order valence-corrected chi connectivity index (χ3v) is 3.59. The van der Waals surface area contributed by atoms with Crippen LogP contribution in [0.3, 0.4) is 0 Å². The summed E-state index contributed by atoms with van der Waals surface area (Å²) >= 11 is 0. The Kier molecular flexibility index (Phi) is 4.47. The standard InChI is InChI=1S/C18H15N3O4/c19-17(23)11-4-6-12(7-5-11)21-16(22)10-25-15-3-1-2-14-13(15)8-9-20-18(14)24/h1-9H,10H2,(H2,19,23)(H,20,24)(H,21,22). The number of amides is 2. The van der Waals surface area contributed by atoms with Gasteiger partial charge in [0.25, 0.3) is 11.5 Å². The van der Waals surface area contributed by atoms with E-state index in [0.29, 0.717) is 27.8 Å². The number of rotatable bonds is 5. The molecule has 0 aliphatic rings. The highest BCUT2D eigenvalue weighted by molar-refractivity contribution is 5.95.